The molecule has 0 fully saturated rings. The summed E-state index contributed by atoms with van der Waals surface area (Å²) in [4.78, 5) is 17.9. The van der Waals surface area contributed by atoms with Crippen molar-refractivity contribution in [3.8, 4) is 0 Å². The Labute approximate surface area is 119 Å². The third-order valence-electron chi connectivity index (χ3n) is 3.16. The normalized spacial score (nSPS) is 10.9. The number of fused-ring (bicyclic) bond motifs is 1. The van der Waals surface area contributed by atoms with Crippen molar-refractivity contribution < 1.29 is 9.53 Å². The zero-order chi connectivity index (χ0) is 14.4. The highest BCUT2D eigenvalue weighted by molar-refractivity contribution is 5.81. The Hall–Kier alpha value is -1.94. The number of ether oxygens (including phenoxy) is 1. The van der Waals surface area contributed by atoms with Crippen molar-refractivity contribution in [1.82, 2.24) is 9.88 Å². The lowest BCUT2D eigenvalue weighted by Crippen LogP contribution is -2.22. The van der Waals surface area contributed by atoms with Gasteiger partial charge in [0.15, 0.2) is 0 Å². The fourth-order valence-electron chi connectivity index (χ4n) is 2.18. The van der Waals surface area contributed by atoms with Gasteiger partial charge in [0.25, 0.3) is 0 Å². The van der Waals surface area contributed by atoms with Gasteiger partial charge < -0.3 is 9.64 Å². The van der Waals surface area contributed by atoms with Crippen molar-refractivity contribution in [3.05, 3.63) is 42.1 Å². The second kappa shape index (κ2) is 7.01. The SMILES string of the molecule is CCOC(=O)CCN(C)Cc1cccc2cccnc12. The molecule has 4 nitrogen and oxygen atoms in total. The number of nitrogens with zero attached hydrogens (tertiary/aromatic N) is 2. The second-order valence-corrected chi connectivity index (χ2v) is 4.79. The maximum Gasteiger partial charge on any atom is 0.307 e. The Bertz CT molecular complexity index is 578. The average molecular weight is 272 g/mol. The molecule has 106 valence electrons. The van der Waals surface area contributed by atoms with E-state index in [-0.39, 0.29) is 5.97 Å². The number of para-hydroxylation sites is 1. The lowest BCUT2D eigenvalue weighted by Gasteiger charge is -2.17. The van der Waals surface area contributed by atoms with Gasteiger partial charge in [-0.25, -0.2) is 0 Å². The van der Waals surface area contributed by atoms with Gasteiger partial charge in [0, 0.05) is 24.7 Å². The fourth-order valence-corrected chi connectivity index (χ4v) is 2.18. The maximum atomic E-state index is 11.4. The molecule has 0 aliphatic carbocycles. The first kappa shape index (κ1) is 14.5. The summed E-state index contributed by atoms with van der Waals surface area (Å²) in [7, 11) is 2.00. The monoisotopic (exact) mass is 272 g/mol. The number of carbonyl (C=O) groups excluding carboxylic acids is 1. The molecule has 2 rings (SSSR count). The van der Waals surface area contributed by atoms with Crippen LogP contribution in [0, 0.1) is 0 Å². The summed E-state index contributed by atoms with van der Waals surface area (Å²) in [5.74, 6) is -0.143. The van der Waals surface area contributed by atoms with E-state index in [4.69, 9.17) is 4.74 Å². The molecule has 1 heterocycles. The van der Waals surface area contributed by atoms with Crippen LogP contribution in [0.4, 0.5) is 0 Å². The first-order valence-electron chi connectivity index (χ1n) is 6.87. The zero-order valence-corrected chi connectivity index (χ0v) is 12.0. The molecule has 0 N–H and O–H groups in total. The number of pyridine rings is 1. The number of hydrogen-bond donors (Lipinski definition) is 0. The molecule has 0 radical (unpaired) electrons. The Morgan fingerprint density at radius 2 is 2.10 bits per heavy atom. The van der Waals surface area contributed by atoms with Gasteiger partial charge >= 0.3 is 5.97 Å². The predicted molar refractivity (Wildman–Crippen MR) is 79.3 cm³/mol. The second-order valence-electron chi connectivity index (χ2n) is 4.79. The summed E-state index contributed by atoms with van der Waals surface area (Å²) in [6.45, 7) is 3.72. The Balaban J connectivity index is 1.99. The van der Waals surface area contributed by atoms with Crippen LogP contribution in [0.2, 0.25) is 0 Å². The molecule has 4 heteroatoms. The number of hydrogen-bond acceptors (Lipinski definition) is 4. The first-order valence-corrected chi connectivity index (χ1v) is 6.87. The van der Waals surface area contributed by atoms with Crippen LogP contribution in [0.25, 0.3) is 10.9 Å². The molecular formula is C16H20N2O2. The Morgan fingerprint density at radius 1 is 1.30 bits per heavy atom. The molecule has 0 bridgehead atoms. The molecular weight excluding hydrogens is 252 g/mol. The molecule has 0 spiro atoms. The van der Waals surface area contributed by atoms with E-state index < -0.39 is 0 Å². The highest BCUT2D eigenvalue weighted by Gasteiger charge is 2.08. The van der Waals surface area contributed by atoms with Crippen LogP contribution in [0.15, 0.2) is 36.5 Å². The zero-order valence-electron chi connectivity index (χ0n) is 12.0. The first-order chi connectivity index (χ1) is 9.70. The van der Waals surface area contributed by atoms with E-state index >= 15 is 0 Å². The van der Waals surface area contributed by atoms with Crippen LogP contribution in [-0.4, -0.2) is 36.1 Å². The third kappa shape index (κ3) is 3.78. The van der Waals surface area contributed by atoms with E-state index in [9.17, 15) is 4.79 Å². The van der Waals surface area contributed by atoms with Crippen LogP contribution in [-0.2, 0) is 16.1 Å². The van der Waals surface area contributed by atoms with Crippen molar-refractivity contribution in [2.24, 2.45) is 0 Å². The Morgan fingerprint density at radius 3 is 2.90 bits per heavy atom. The van der Waals surface area contributed by atoms with Gasteiger partial charge in [-0.3, -0.25) is 9.78 Å². The molecule has 2 aromatic rings. The quantitative estimate of drug-likeness (QED) is 0.758. The topological polar surface area (TPSA) is 42.4 Å². The molecule has 0 aliphatic heterocycles. The van der Waals surface area contributed by atoms with E-state index in [0.717, 1.165) is 17.4 Å². The molecule has 0 aliphatic rings. The number of carbonyl (C=O) groups is 1. The summed E-state index contributed by atoms with van der Waals surface area (Å²) in [6.07, 6.45) is 2.23. The summed E-state index contributed by atoms with van der Waals surface area (Å²) in [5.41, 5.74) is 2.20. The summed E-state index contributed by atoms with van der Waals surface area (Å²) < 4.78 is 4.93. The highest BCUT2D eigenvalue weighted by Crippen LogP contribution is 2.17. The number of aromatic nitrogens is 1. The number of rotatable bonds is 6. The van der Waals surface area contributed by atoms with E-state index in [2.05, 4.69) is 28.1 Å². The largest absolute Gasteiger partial charge is 0.466 e. The van der Waals surface area contributed by atoms with E-state index in [0.29, 0.717) is 19.6 Å². The van der Waals surface area contributed by atoms with Gasteiger partial charge in [0.05, 0.1) is 18.5 Å². The lowest BCUT2D eigenvalue weighted by molar-refractivity contribution is -0.143. The van der Waals surface area contributed by atoms with Crippen molar-refractivity contribution >= 4 is 16.9 Å². The molecule has 1 aromatic heterocycles. The van der Waals surface area contributed by atoms with Crippen molar-refractivity contribution in [2.75, 3.05) is 20.2 Å². The van der Waals surface area contributed by atoms with Crippen molar-refractivity contribution in [2.45, 2.75) is 19.9 Å². The van der Waals surface area contributed by atoms with Crippen molar-refractivity contribution in [3.63, 3.8) is 0 Å². The molecule has 1 aromatic carbocycles. The Kier molecular flexibility index (Phi) is 5.07. The minimum Gasteiger partial charge on any atom is -0.466 e. The van der Waals surface area contributed by atoms with E-state index in [1.807, 2.05) is 32.3 Å². The van der Waals surface area contributed by atoms with Crippen LogP contribution in [0.5, 0.6) is 0 Å². The summed E-state index contributed by atoms with van der Waals surface area (Å²) in [6, 6.07) is 10.2. The molecule has 0 amide bonds. The van der Waals surface area contributed by atoms with Crippen LogP contribution >= 0.6 is 0 Å². The molecule has 0 unspecified atom stereocenters. The van der Waals surface area contributed by atoms with E-state index in [1.54, 1.807) is 0 Å². The molecule has 0 saturated carbocycles. The number of esters is 1. The van der Waals surface area contributed by atoms with Gasteiger partial charge in [-0.2, -0.15) is 0 Å². The van der Waals surface area contributed by atoms with Gasteiger partial charge in [-0.15, -0.1) is 0 Å². The minimum absolute atomic E-state index is 0.143. The van der Waals surface area contributed by atoms with E-state index in [1.165, 1.54) is 5.56 Å². The third-order valence-corrected chi connectivity index (χ3v) is 3.16. The average Bonchev–Trinajstić information content (AvgIpc) is 2.46. The highest BCUT2D eigenvalue weighted by atomic mass is 16.5. The maximum absolute atomic E-state index is 11.4. The van der Waals surface area contributed by atoms with Crippen molar-refractivity contribution in [1.29, 1.82) is 0 Å². The summed E-state index contributed by atoms with van der Waals surface area (Å²) in [5, 5.41) is 1.14. The predicted octanol–water partition coefficient (Wildman–Crippen LogP) is 2.62. The minimum atomic E-state index is -0.143. The molecule has 0 saturated heterocycles. The van der Waals surface area contributed by atoms with Crippen LogP contribution < -0.4 is 0 Å². The smallest absolute Gasteiger partial charge is 0.307 e. The lowest BCUT2D eigenvalue weighted by atomic mass is 10.1. The van der Waals surface area contributed by atoms with Gasteiger partial charge in [-0.1, -0.05) is 24.3 Å². The van der Waals surface area contributed by atoms with Gasteiger partial charge in [0.2, 0.25) is 0 Å². The van der Waals surface area contributed by atoms with Gasteiger partial charge in [-0.05, 0) is 25.6 Å². The molecule has 0 atom stereocenters. The van der Waals surface area contributed by atoms with Gasteiger partial charge in [0.1, 0.15) is 0 Å². The van der Waals surface area contributed by atoms with Crippen LogP contribution in [0.3, 0.4) is 0 Å². The number of benzene rings is 1. The molecule has 20 heavy (non-hydrogen) atoms. The summed E-state index contributed by atoms with van der Waals surface area (Å²) >= 11 is 0. The van der Waals surface area contributed by atoms with Crippen LogP contribution in [0.1, 0.15) is 18.9 Å². The fraction of sp³-hybridized carbons (Fsp3) is 0.375. The standard InChI is InChI=1S/C16H20N2O2/c1-3-20-15(19)9-11-18(2)12-14-7-4-6-13-8-5-10-17-16(13)14/h4-8,10H,3,9,11-12H2,1-2H3.